The van der Waals surface area contributed by atoms with Gasteiger partial charge in [-0.1, -0.05) is 105 Å². The van der Waals surface area contributed by atoms with E-state index in [0.717, 1.165) is 38.8 Å². The number of rotatable bonds is 16. The molecular formula is C47H53N2O4+. The summed E-state index contributed by atoms with van der Waals surface area (Å²) in [5.74, 6) is -1.46. The number of carboxylic acid groups (broad SMARTS) is 2. The summed E-state index contributed by atoms with van der Waals surface area (Å²) in [6.07, 6.45) is 20.4. The first-order chi connectivity index (χ1) is 25.5. The third kappa shape index (κ3) is 7.92. The highest BCUT2D eigenvalue weighted by Crippen LogP contribution is 2.51. The molecule has 0 saturated carbocycles. The maximum absolute atomic E-state index is 11.1. The predicted octanol–water partition coefficient (Wildman–Crippen LogP) is 11.0. The van der Waals surface area contributed by atoms with E-state index >= 15 is 0 Å². The van der Waals surface area contributed by atoms with Crippen molar-refractivity contribution in [1.82, 2.24) is 0 Å². The summed E-state index contributed by atoms with van der Waals surface area (Å²) in [7, 11) is 0. The Labute approximate surface area is 314 Å². The number of hydrogen-bond acceptors (Lipinski definition) is 3. The van der Waals surface area contributed by atoms with Crippen molar-refractivity contribution in [3.63, 3.8) is 0 Å². The van der Waals surface area contributed by atoms with Gasteiger partial charge in [0.05, 0.1) is 5.41 Å². The molecule has 2 heterocycles. The molecule has 0 bridgehead atoms. The molecule has 0 spiro atoms. The summed E-state index contributed by atoms with van der Waals surface area (Å²) in [6.45, 7) is 10.9. The van der Waals surface area contributed by atoms with Crippen LogP contribution in [0.25, 0.3) is 21.5 Å². The molecule has 6 nitrogen and oxygen atoms in total. The van der Waals surface area contributed by atoms with E-state index in [1.165, 1.54) is 55.5 Å². The Morgan fingerprint density at radius 1 is 0.642 bits per heavy atom. The number of carbonyl (C=O) groups is 2. The standard InChI is InChI=1S/C47H52N2O4/c1-46(2)40(48(32-18-8-12-26-42(50)51)38-30-28-34-20-14-16-22-36(34)44(38)46)24-10-6-5-7-11-25-41-47(3,4)45-37-23-17-15-21-35(37)29-31-39(45)49(41)33-19-9-13-27-43(52)53/h5-7,10-11,14-17,20-25,28-31H,8-9,12-13,18-19,26-27,32-33H2,1-4H3,(H-,50,51,52,53)/p+1. The molecule has 0 saturated heterocycles. The van der Waals surface area contributed by atoms with Crippen LogP contribution in [0.15, 0.2) is 121 Å². The monoisotopic (exact) mass is 709 g/mol. The summed E-state index contributed by atoms with van der Waals surface area (Å²) < 4.78 is 2.44. The summed E-state index contributed by atoms with van der Waals surface area (Å²) in [5, 5.41) is 23.3. The van der Waals surface area contributed by atoms with Crippen molar-refractivity contribution in [1.29, 1.82) is 0 Å². The topological polar surface area (TPSA) is 80.9 Å². The lowest BCUT2D eigenvalue weighted by Gasteiger charge is -2.27. The number of benzene rings is 4. The van der Waals surface area contributed by atoms with Crippen LogP contribution < -0.4 is 4.90 Å². The van der Waals surface area contributed by atoms with Gasteiger partial charge >= 0.3 is 11.9 Å². The molecule has 53 heavy (non-hydrogen) atoms. The third-order valence-corrected chi connectivity index (χ3v) is 11.0. The van der Waals surface area contributed by atoms with Gasteiger partial charge in [-0.05, 0) is 84.8 Å². The second-order valence-corrected chi connectivity index (χ2v) is 15.4. The van der Waals surface area contributed by atoms with Crippen LogP contribution in [0.1, 0.15) is 90.2 Å². The Morgan fingerprint density at radius 3 is 1.91 bits per heavy atom. The lowest BCUT2D eigenvalue weighted by Crippen LogP contribution is -2.28. The van der Waals surface area contributed by atoms with E-state index < -0.39 is 11.9 Å². The number of aliphatic carboxylic acids is 2. The van der Waals surface area contributed by atoms with Gasteiger partial charge < -0.3 is 15.1 Å². The molecule has 0 fully saturated rings. The van der Waals surface area contributed by atoms with Gasteiger partial charge in [-0.15, -0.1) is 0 Å². The van der Waals surface area contributed by atoms with Crippen molar-refractivity contribution in [3.8, 4) is 0 Å². The number of carboxylic acids is 2. The van der Waals surface area contributed by atoms with Crippen LogP contribution >= 0.6 is 0 Å². The number of anilines is 1. The van der Waals surface area contributed by atoms with Crippen LogP contribution in [0.5, 0.6) is 0 Å². The van der Waals surface area contributed by atoms with E-state index in [-0.39, 0.29) is 23.7 Å². The summed E-state index contributed by atoms with van der Waals surface area (Å²) >= 11 is 0. The van der Waals surface area contributed by atoms with E-state index in [2.05, 4.69) is 152 Å². The van der Waals surface area contributed by atoms with Crippen LogP contribution in [-0.4, -0.2) is 45.5 Å². The lowest BCUT2D eigenvalue weighted by atomic mass is 9.79. The quantitative estimate of drug-likeness (QED) is 0.0688. The fourth-order valence-corrected chi connectivity index (χ4v) is 8.48. The molecule has 6 heteroatoms. The van der Waals surface area contributed by atoms with Crippen molar-refractivity contribution >= 4 is 50.6 Å². The summed E-state index contributed by atoms with van der Waals surface area (Å²) in [5.41, 5.74) is 7.25. The minimum Gasteiger partial charge on any atom is -0.481 e. The number of hydrogen-bond donors (Lipinski definition) is 2. The van der Waals surface area contributed by atoms with Crippen LogP contribution in [0.2, 0.25) is 0 Å². The largest absolute Gasteiger partial charge is 0.481 e. The zero-order valence-corrected chi connectivity index (χ0v) is 31.6. The first-order valence-electron chi connectivity index (χ1n) is 19.1. The van der Waals surface area contributed by atoms with Gasteiger partial charge in [-0.25, -0.2) is 0 Å². The summed E-state index contributed by atoms with van der Waals surface area (Å²) in [4.78, 5) is 24.6. The molecular weight excluding hydrogens is 657 g/mol. The highest BCUT2D eigenvalue weighted by Gasteiger charge is 2.45. The predicted molar refractivity (Wildman–Crippen MR) is 219 cm³/mol. The number of unbranched alkanes of at least 4 members (excludes halogenated alkanes) is 4. The maximum atomic E-state index is 11.1. The fraction of sp³-hybridized carbons (Fsp3) is 0.340. The second kappa shape index (κ2) is 16.2. The molecule has 0 radical (unpaired) electrons. The number of allylic oxidation sites excluding steroid dienone is 8. The third-order valence-electron chi connectivity index (χ3n) is 11.0. The highest BCUT2D eigenvalue weighted by atomic mass is 16.4. The molecule has 2 aliphatic heterocycles. The average molecular weight is 710 g/mol. The number of fused-ring (bicyclic) bond motifs is 6. The SMILES string of the molecule is CC1(C)C(=C/C=C/C=C/C=C/C2=[N+](CCCCCC(=O)O)c3ccc4ccccc4c3C2(C)C)N(CCCCCC(=O)O)c2ccc3ccccc3c21. The molecule has 4 aromatic carbocycles. The molecule has 0 unspecified atom stereocenters. The minimum atomic E-state index is -0.732. The zero-order valence-electron chi connectivity index (χ0n) is 31.6. The van der Waals surface area contributed by atoms with Crippen molar-refractivity contribution in [2.75, 3.05) is 18.0 Å². The van der Waals surface area contributed by atoms with Crippen LogP contribution in [-0.2, 0) is 20.4 Å². The van der Waals surface area contributed by atoms with Crippen LogP contribution in [0.4, 0.5) is 11.4 Å². The molecule has 6 rings (SSSR count). The Balaban J connectivity index is 1.23. The molecule has 4 aromatic rings. The van der Waals surface area contributed by atoms with Crippen molar-refractivity contribution in [2.24, 2.45) is 0 Å². The van der Waals surface area contributed by atoms with Crippen molar-refractivity contribution in [2.45, 2.75) is 89.9 Å². The Kier molecular flexibility index (Phi) is 11.5. The van der Waals surface area contributed by atoms with Gasteiger partial charge in [0.15, 0.2) is 5.71 Å². The Morgan fingerprint density at radius 2 is 1.23 bits per heavy atom. The van der Waals surface area contributed by atoms with Gasteiger partial charge in [0.25, 0.3) is 0 Å². The molecule has 274 valence electrons. The fourth-order valence-electron chi connectivity index (χ4n) is 8.48. The highest BCUT2D eigenvalue weighted by molar-refractivity contribution is 6.07. The summed E-state index contributed by atoms with van der Waals surface area (Å²) in [6, 6.07) is 26.1. The normalized spacial score (nSPS) is 17.0. The Hall–Kier alpha value is -5.23. The smallest absolute Gasteiger partial charge is 0.303 e. The van der Waals surface area contributed by atoms with E-state index in [1.54, 1.807) is 0 Å². The van der Waals surface area contributed by atoms with Crippen LogP contribution in [0, 0.1) is 0 Å². The molecule has 0 atom stereocenters. The average Bonchev–Trinajstić information content (AvgIpc) is 3.49. The second-order valence-electron chi connectivity index (χ2n) is 15.4. The van der Waals surface area contributed by atoms with Gasteiger partial charge in [-0.3, -0.25) is 9.59 Å². The molecule has 0 aromatic heterocycles. The first kappa shape index (κ1) is 37.5. The van der Waals surface area contributed by atoms with Gasteiger partial charge in [0, 0.05) is 60.3 Å². The molecule has 0 aliphatic carbocycles. The zero-order chi connectivity index (χ0) is 37.6. The van der Waals surface area contributed by atoms with Crippen LogP contribution in [0.3, 0.4) is 0 Å². The molecule has 0 amide bonds. The van der Waals surface area contributed by atoms with Gasteiger partial charge in [0.1, 0.15) is 6.54 Å². The number of nitrogens with zero attached hydrogens (tertiary/aromatic N) is 2. The minimum absolute atomic E-state index is 0.202. The van der Waals surface area contributed by atoms with E-state index in [0.29, 0.717) is 12.8 Å². The molecule has 2 N–H and O–H groups in total. The van der Waals surface area contributed by atoms with E-state index in [9.17, 15) is 9.59 Å². The maximum Gasteiger partial charge on any atom is 0.303 e. The van der Waals surface area contributed by atoms with E-state index in [4.69, 9.17) is 10.2 Å². The van der Waals surface area contributed by atoms with E-state index in [1.807, 2.05) is 0 Å². The van der Waals surface area contributed by atoms with Gasteiger partial charge in [-0.2, -0.15) is 4.58 Å². The van der Waals surface area contributed by atoms with Gasteiger partial charge in [0.2, 0.25) is 5.69 Å². The Bertz CT molecular complexity index is 2160. The molecule has 2 aliphatic rings. The lowest BCUT2D eigenvalue weighted by molar-refractivity contribution is -0.438. The first-order valence-corrected chi connectivity index (χ1v) is 19.1. The van der Waals surface area contributed by atoms with Crippen molar-refractivity contribution < 1.29 is 24.4 Å². The van der Waals surface area contributed by atoms with Crippen molar-refractivity contribution in [3.05, 3.63) is 132 Å².